The van der Waals surface area contributed by atoms with E-state index in [0.29, 0.717) is 29.5 Å². The van der Waals surface area contributed by atoms with Crippen LogP contribution in [0.5, 0.6) is 11.5 Å². The third-order valence-corrected chi connectivity index (χ3v) is 6.14. The number of alkyl halides is 4. The minimum Gasteiger partial charge on any atom is -0.431 e. The third-order valence-electron chi connectivity index (χ3n) is 6.14. The molecular weight excluding hydrogens is 444 g/mol. The van der Waals surface area contributed by atoms with Crippen molar-refractivity contribution >= 4 is 11.8 Å². The van der Waals surface area contributed by atoms with Crippen molar-refractivity contribution in [2.45, 2.75) is 50.4 Å². The van der Waals surface area contributed by atoms with Crippen molar-refractivity contribution < 1.29 is 36.6 Å². The predicted molar refractivity (Wildman–Crippen MR) is 106 cm³/mol. The van der Waals surface area contributed by atoms with Crippen LogP contribution >= 0.6 is 0 Å². The summed E-state index contributed by atoms with van der Waals surface area (Å²) >= 11 is 0. The van der Waals surface area contributed by atoms with Crippen LogP contribution in [0, 0.1) is 11.3 Å². The molecule has 0 bridgehead atoms. The Balaban J connectivity index is 1.56. The van der Waals surface area contributed by atoms with Crippen LogP contribution in [-0.2, 0) is 5.41 Å². The summed E-state index contributed by atoms with van der Waals surface area (Å²) in [5.41, 5.74) is -0.146. The molecule has 2 aliphatic rings. The summed E-state index contributed by atoms with van der Waals surface area (Å²) in [6.45, 7) is -6.52. The maximum absolute atomic E-state index is 12.8. The molecule has 2 aromatic carbocycles. The number of nitriles is 1. The van der Waals surface area contributed by atoms with Gasteiger partial charge in [0.15, 0.2) is 11.5 Å². The predicted octanol–water partition coefficient (Wildman–Crippen LogP) is 4.89. The number of imide groups is 1. The molecular formula is C23H18F4N2O4. The summed E-state index contributed by atoms with van der Waals surface area (Å²) in [5.74, 6) is -1.93. The van der Waals surface area contributed by atoms with Gasteiger partial charge in [0.05, 0.1) is 22.6 Å². The Hall–Kier alpha value is -3.61. The number of fused-ring (bicyclic) bond motifs is 1. The van der Waals surface area contributed by atoms with Gasteiger partial charge in [0, 0.05) is 6.04 Å². The van der Waals surface area contributed by atoms with E-state index < -0.39 is 36.2 Å². The van der Waals surface area contributed by atoms with Gasteiger partial charge < -0.3 is 9.47 Å². The van der Waals surface area contributed by atoms with Crippen molar-refractivity contribution in [1.29, 1.82) is 5.26 Å². The Morgan fingerprint density at radius 1 is 0.909 bits per heavy atom. The lowest BCUT2D eigenvalue weighted by molar-refractivity contribution is -0.0693. The van der Waals surface area contributed by atoms with Crippen LogP contribution < -0.4 is 9.47 Å². The van der Waals surface area contributed by atoms with Gasteiger partial charge in [-0.3, -0.25) is 14.5 Å². The highest BCUT2D eigenvalue weighted by Gasteiger charge is 2.45. The highest BCUT2D eigenvalue weighted by atomic mass is 19.3. The van der Waals surface area contributed by atoms with E-state index >= 15 is 0 Å². The summed E-state index contributed by atoms with van der Waals surface area (Å²) in [6, 6.07) is 11.8. The molecule has 1 fully saturated rings. The summed E-state index contributed by atoms with van der Waals surface area (Å²) in [7, 11) is 0. The van der Waals surface area contributed by atoms with Crippen LogP contribution in [0.15, 0.2) is 42.5 Å². The fourth-order valence-electron chi connectivity index (χ4n) is 4.55. The average Bonchev–Trinajstić information content (AvgIpc) is 3.05. The standard InChI is InChI=1S/C23H18F4N2O4/c24-21(25)32-17-6-5-13(11-18(17)33-22(26)27)23(12-28)9-7-14(8-10-23)29-19(30)15-3-1-2-4-16(15)20(29)31/h1-6,11,14,21-22H,7-10H2/t14-,23+. The molecule has 1 aliphatic heterocycles. The largest absolute Gasteiger partial charge is 0.431 e. The molecule has 1 saturated carbocycles. The zero-order chi connectivity index (χ0) is 23.8. The summed E-state index contributed by atoms with van der Waals surface area (Å²) < 4.78 is 59.4. The highest BCUT2D eigenvalue weighted by molar-refractivity contribution is 6.21. The Bertz CT molecular complexity index is 1090. The van der Waals surface area contributed by atoms with Crippen molar-refractivity contribution in [2.24, 2.45) is 0 Å². The molecule has 0 atom stereocenters. The fraction of sp³-hybridized carbons (Fsp3) is 0.348. The van der Waals surface area contributed by atoms with E-state index in [1.165, 1.54) is 11.0 Å². The summed E-state index contributed by atoms with van der Waals surface area (Å²) in [6.07, 6.45) is 1.09. The average molecular weight is 462 g/mol. The second-order valence-electron chi connectivity index (χ2n) is 7.87. The lowest BCUT2D eigenvalue weighted by Gasteiger charge is -2.38. The number of carbonyl (C=O) groups excluding carboxylic acids is 2. The van der Waals surface area contributed by atoms with E-state index in [2.05, 4.69) is 15.5 Å². The summed E-state index contributed by atoms with van der Waals surface area (Å²) in [4.78, 5) is 26.7. The minimum atomic E-state index is -3.28. The molecule has 33 heavy (non-hydrogen) atoms. The number of nitrogens with zero attached hydrogens (tertiary/aromatic N) is 2. The molecule has 1 heterocycles. The van der Waals surface area contributed by atoms with E-state index in [-0.39, 0.29) is 24.7 Å². The van der Waals surface area contributed by atoms with Gasteiger partial charge in [-0.25, -0.2) is 0 Å². The second-order valence-corrected chi connectivity index (χ2v) is 7.87. The third kappa shape index (κ3) is 4.11. The van der Waals surface area contributed by atoms with Crippen molar-refractivity contribution in [2.75, 3.05) is 0 Å². The number of carbonyl (C=O) groups is 2. The maximum atomic E-state index is 12.8. The Morgan fingerprint density at radius 3 is 1.97 bits per heavy atom. The van der Waals surface area contributed by atoms with Crippen molar-refractivity contribution in [3.05, 3.63) is 59.2 Å². The van der Waals surface area contributed by atoms with Gasteiger partial charge in [0.1, 0.15) is 0 Å². The summed E-state index contributed by atoms with van der Waals surface area (Å²) in [5, 5.41) is 9.94. The van der Waals surface area contributed by atoms with Gasteiger partial charge in [-0.15, -0.1) is 0 Å². The van der Waals surface area contributed by atoms with Gasteiger partial charge >= 0.3 is 13.2 Å². The van der Waals surface area contributed by atoms with E-state index in [0.717, 1.165) is 12.1 Å². The first kappa shape index (κ1) is 22.6. The number of amides is 2. The Morgan fingerprint density at radius 2 is 1.45 bits per heavy atom. The molecule has 0 saturated heterocycles. The van der Waals surface area contributed by atoms with E-state index in [1.807, 2.05) is 0 Å². The Labute approximate surface area is 186 Å². The fourth-order valence-corrected chi connectivity index (χ4v) is 4.55. The van der Waals surface area contributed by atoms with Gasteiger partial charge in [-0.1, -0.05) is 18.2 Å². The molecule has 2 amide bonds. The molecule has 6 nitrogen and oxygen atoms in total. The van der Waals surface area contributed by atoms with E-state index in [4.69, 9.17) is 0 Å². The molecule has 0 unspecified atom stereocenters. The van der Waals surface area contributed by atoms with Crippen molar-refractivity contribution in [1.82, 2.24) is 4.90 Å². The molecule has 4 rings (SSSR count). The van der Waals surface area contributed by atoms with E-state index in [1.54, 1.807) is 24.3 Å². The second kappa shape index (κ2) is 8.73. The lowest BCUT2D eigenvalue weighted by Crippen LogP contribution is -2.44. The number of hydrogen-bond acceptors (Lipinski definition) is 5. The molecule has 0 aromatic heterocycles. The molecule has 0 radical (unpaired) electrons. The van der Waals surface area contributed by atoms with Crippen LogP contribution in [0.25, 0.3) is 0 Å². The molecule has 0 N–H and O–H groups in total. The number of halogens is 4. The molecule has 10 heteroatoms. The van der Waals surface area contributed by atoms with Crippen LogP contribution in [0.3, 0.4) is 0 Å². The number of ether oxygens (including phenoxy) is 2. The topological polar surface area (TPSA) is 79.6 Å². The lowest BCUT2D eigenvalue weighted by atomic mass is 9.69. The van der Waals surface area contributed by atoms with Crippen LogP contribution in [0.2, 0.25) is 0 Å². The first-order valence-corrected chi connectivity index (χ1v) is 10.2. The van der Waals surface area contributed by atoms with Gasteiger partial charge in [-0.2, -0.15) is 22.8 Å². The highest BCUT2D eigenvalue weighted by Crippen LogP contribution is 2.44. The number of benzene rings is 2. The molecule has 172 valence electrons. The van der Waals surface area contributed by atoms with Crippen LogP contribution in [0.1, 0.15) is 52.0 Å². The number of hydrogen-bond donors (Lipinski definition) is 0. The zero-order valence-electron chi connectivity index (χ0n) is 17.1. The zero-order valence-corrected chi connectivity index (χ0v) is 17.1. The number of rotatable bonds is 6. The van der Waals surface area contributed by atoms with E-state index in [9.17, 15) is 32.4 Å². The molecule has 1 aliphatic carbocycles. The minimum absolute atomic E-state index is 0.227. The van der Waals surface area contributed by atoms with Gasteiger partial charge in [-0.05, 0) is 55.5 Å². The SMILES string of the molecule is N#C[C@]1(c2ccc(OC(F)F)c(OC(F)F)c2)CC[C@@H](N2C(=O)c3ccccc3C2=O)CC1. The van der Waals surface area contributed by atoms with Crippen molar-refractivity contribution in [3.8, 4) is 17.6 Å². The van der Waals surface area contributed by atoms with Gasteiger partial charge in [0.2, 0.25) is 0 Å². The first-order valence-electron chi connectivity index (χ1n) is 10.2. The Kier molecular flexibility index (Phi) is 5.97. The quantitative estimate of drug-likeness (QED) is 0.451. The van der Waals surface area contributed by atoms with Crippen LogP contribution in [-0.4, -0.2) is 36.0 Å². The van der Waals surface area contributed by atoms with Crippen molar-refractivity contribution in [3.63, 3.8) is 0 Å². The van der Waals surface area contributed by atoms with Gasteiger partial charge in [0.25, 0.3) is 11.8 Å². The maximum Gasteiger partial charge on any atom is 0.387 e. The first-order chi connectivity index (χ1) is 15.8. The smallest absolute Gasteiger partial charge is 0.387 e. The molecule has 0 spiro atoms. The molecule has 2 aromatic rings. The monoisotopic (exact) mass is 462 g/mol. The normalized spacial score (nSPS) is 22.5. The van der Waals surface area contributed by atoms with Crippen LogP contribution in [0.4, 0.5) is 17.6 Å².